The van der Waals surface area contributed by atoms with Gasteiger partial charge in [-0.3, -0.25) is 4.79 Å². The van der Waals surface area contributed by atoms with Crippen LogP contribution in [0.3, 0.4) is 0 Å². The summed E-state index contributed by atoms with van der Waals surface area (Å²) in [7, 11) is 0. The van der Waals surface area contributed by atoms with Crippen LogP contribution < -0.4 is 5.73 Å². The van der Waals surface area contributed by atoms with Gasteiger partial charge in [0.15, 0.2) is 0 Å². The first kappa shape index (κ1) is 15.5. The maximum absolute atomic E-state index is 12.6. The lowest BCUT2D eigenvalue weighted by molar-refractivity contribution is -0.138. The normalized spacial score (nSPS) is 15.0. The van der Waals surface area contributed by atoms with Crippen LogP contribution in [0.5, 0.6) is 0 Å². The number of halogens is 3. The van der Waals surface area contributed by atoms with E-state index in [9.17, 15) is 18.0 Å². The molecule has 0 aliphatic carbocycles. The van der Waals surface area contributed by atoms with Gasteiger partial charge in [0.2, 0.25) is 0 Å². The lowest BCUT2D eigenvalue weighted by atomic mass is 9.87. The molecule has 1 rings (SSSR count). The molecule has 2 unspecified atom stereocenters. The molecule has 3 nitrogen and oxygen atoms in total. The van der Waals surface area contributed by atoms with Crippen molar-refractivity contribution in [1.82, 2.24) is 0 Å². The van der Waals surface area contributed by atoms with Crippen molar-refractivity contribution in [3.63, 3.8) is 0 Å². The number of carbonyl (C=O) groups is 1. The van der Waals surface area contributed by atoms with E-state index >= 15 is 0 Å². The Balaban J connectivity index is 3.12. The zero-order chi connectivity index (χ0) is 14.6. The summed E-state index contributed by atoms with van der Waals surface area (Å²) in [6.07, 6.45) is -4.23. The highest BCUT2D eigenvalue weighted by atomic mass is 19.4. The standard InChI is InChI=1S/C13H16F3NO2/c1-2-11(17)10(7-12(18)19)8-4-3-5-9(6-8)13(14,15)16/h3-6,10-11H,2,7,17H2,1H3,(H,18,19). The van der Waals surface area contributed by atoms with E-state index in [4.69, 9.17) is 10.8 Å². The molecule has 0 bridgehead atoms. The van der Waals surface area contributed by atoms with Gasteiger partial charge in [-0.25, -0.2) is 0 Å². The van der Waals surface area contributed by atoms with E-state index in [-0.39, 0.29) is 6.42 Å². The summed E-state index contributed by atoms with van der Waals surface area (Å²) in [5.74, 6) is -1.70. The monoisotopic (exact) mass is 275 g/mol. The molecule has 2 atom stereocenters. The number of aliphatic carboxylic acids is 1. The topological polar surface area (TPSA) is 63.3 Å². The minimum atomic E-state index is -4.44. The van der Waals surface area contributed by atoms with E-state index in [0.29, 0.717) is 12.0 Å². The Morgan fingerprint density at radius 1 is 1.42 bits per heavy atom. The summed E-state index contributed by atoms with van der Waals surface area (Å²) in [5.41, 5.74) is 5.34. The molecule has 0 spiro atoms. The van der Waals surface area contributed by atoms with E-state index in [0.717, 1.165) is 12.1 Å². The van der Waals surface area contributed by atoms with E-state index < -0.39 is 29.7 Å². The van der Waals surface area contributed by atoms with Gasteiger partial charge in [0, 0.05) is 12.0 Å². The van der Waals surface area contributed by atoms with Crippen LogP contribution in [0, 0.1) is 0 Å². The van der Waals surface area contributed by atoms with Crippen molar-refractivity contribution in [3.05, 3.63) is 35.4 Å². The fourth-order valence-electron chi connectivity index (χ4n) is 1.93. The maximum Gasteiger partial charge on any atom is 0.416 e. The fourth-order valence-corrected chi connectivity index (χ4v) is 1.93. The third-order valence-corrected chi connectivity index (χ3v) is 3.02. The highest BCUT2D eigenvalue weighted by Crippen LogP contribution is 2.32. The van der Waals surface area contributed by atoms with Crippen molar-refractivity contribution < 1.29 is 23.1 Å². The Morgan fingerprint density at radius 2 is 2.05 bits per heavy atom. The van der Waals surface area contributed by atoms with Crippen LogP contribution in [0.2, 0.25) is 0 Å². The minimum absolute atomic E-state index is 0.281. The van der Waals surface area contributed by atoms with E-state index in [1.54, 1.807) is 6.92 Å². The number of rotatable bonds is 5. The van der Waals surface area contributed by atoms with Crippen LogP contribution in [0.15, 0.2) is 24.3 Å². The van der Waals surface area contributed by atoms with Crippen molar-refractivity contribution in [3.8, 4) is 0 Å². The predicted molar refractivity (Wildman–Crippen MR) is 64.7 cm³/mol. The molecule has 0 fully saturated rings. The zero-order valence-electron chi connectivity index (χ0n) is 10.4. The summed E-state index contributed by atoms with van der Waals surface area (Å²) in [6.45, 7) is 1.77. The van der Waals surface area contributed by atoms with Crippen molar-refractivity contribution in [2.45, 2.75) is 37.9 Å². The van der Waals surface area contributed by atoms with Gasteiger partial charge in [-0.15, -0.1) is 0 Å². The van der Waals surface area contributed by atoms with E-state index in [1.165, 1.54) is 12.1 Å². The van der Waals surface area contributed by atoms with Gasteiger partial charge >= 0.3 is 12.1 Å². The second kappa shape index (κ2) is 6.06. The number of hydrogen-bond donors (Lipinski definition) is 2. The lowest BCUT2D eigenvalue weighted by Crippen LogP contribution is -2.29. The second-order valence-electron chi connectivity index (χ2n) is 4.40. The molecule has 0 radical (unpaired) electrons. The Kier molecular flexibility index (Phi) is 4.94. The molecule has 0 heterocycles. The number of carboxylic acids is 1. The van der Waals surface area contributed by atoms with Gasteiger partial charge < -0.3 is 10.8 Å². The minimum Gasteiger partial charge on any atom is -0.481 e. The van der Waals surface area contributed by atoms with Gasteiger partial charge in [-0.2, -0.15) is 13.2 Å². The molecule has 0 saturated carbocycles. The van der Waals surface area contributed by atoms with Crippen LogP contribution in [-0.2, 0) is 11.0 Å². The Labute approximate surface area is 109 Å². The van der Waals surface area contributed by atoms with Crippen molar-refractivity contribution >= 4 is 5.97 Å². The third kappa shape index (κ3) is 4.24. The number of hydrogen-bond acceptors (Lipinski definition) is 2. The lowest BCUT2D eigenvalue weighted by Gasteiger charge is -2.22. The molecule has 0 aliphatic rings. The van der Waals surface area contributed by atoms with Crippen LogP contribution >= 0.6 is 0 Å². The highest BCUT2D eigenvalue weighted by Gasteiger charge is 2.31. The molecular formula is C13H16F3NO2. The first-order chi connectivity index (χ1) is 8.75. The van der Waals surface area contributed by atoms with Gasteiger partial charge in [-0.05, 0) is 18.1 Å². The summed E-state index contributed by atoms with van der Waals surface area (Å²) in [5, 5.41) is 8.84. The molecule has 0 aromatic heterocycles. The molecule has 106 valence electrons. The Morgan fingerprint density at radius 3 is 2.53 bits per heavy atom. The molecule has 0 aliphatic heterocycles. The fraction of sp³-hybridized carbons (Fsp3) is 0.462. The van der Waals surface area contributed by atoms with Gasteiger partial charge in [-0.1, -0.05) is 25.1 Å². The van der Waals surface area contributed by atoms with Crippen LogP contribution in [0.25, 0.3) is 0 Å². The number of alkyl halides is 3. The third-order valence-electron chi connectivity index (χ3n) is 3.02. The van der Waals surface area contributed by atoms with Crippen LogP contribution in [0.4, 0.5) is 13.2 Å². The van der Waals surface area contributed by atoms with Gasteiger partial charge in [0.1, 0.15) is 0 Å². The number of carboxylic acid groups (broad SMARTS) is 1. The molecule has 6 heteroatoms. The highest BCUT2D eigenvalue weighted by molar-refractivity contribution is 5.68. The van der Waals surface area contributed by atoms with E-state index in [1.807, 2.05) is 0 Å². The summed E-state index contributed by atoms with van der Waals surface area (Å²) in [6, 6.07) is 4.20. The molecule has 0 amide bonds. The van der Waals surface area contributed by atoms with Gasteiger partial charge in [0.05, 0.1) is 12.0 Å². The number of benzene rings is 1. The Bertz CT molecular complexity index is 446. The van der Waals surface area contributed by atoms with Crippen molar-refractivity contribution in [1.29, 1.82) is 0 Å². The second-order valence-corrected chi connectivity index (χ2v) is 4.40. The SMILES string of the molecule is CCC(N)C(CC(=O)O)c1cccc(C(F)(F)F)c1. The average Bonchev–Trinajstić information content (AvgIpc) is 2.34. The molecule has 0 saturated heterocycles. The van der Waals surface area contributed by atoms with Crippen molar-refractivity contribution in [2.24, 2.45) is 5.73 Å². The number of nitrogens with two attached hydrogens (primary N) is 1. The molecule has 1 aromatic rings. The smallest absolute Gasteiger partial charge is 0.416 e. The Hall–Kier alpha value is -1.56. The quantitative estimate of drug-likeness (QED) is 0.868. The summed E-state index contributed by atoms with van der Waals surface area (Å²) < 4.78 is 37.9. The predicted octanol–water partition coefficient (Wildman–Crippen LogP) is 3.00. The molecule has 3 N–H and O–H groups in total. The zero-order valence-corrected chi connectivity index (χ0v) is 10.4. The largest absolute Gasteiger partial charge is 0.481 e. The summed E-state index contributed by atoms with van der Waals surface area (Å²) >= 11 is 0. The average molecular weight is 275 g/mol. The van der Waals surface area contributed by atoms with Crippen LogP contribution in [0.1, 0.15) is 36.8 Å². The first-order valence-corrected chi connectivity index (χ1v) is 5.90. The summed E-state index contributed by atoms with van der Waals surface area (Å²) in [4.78, 5) is 10.8. The maximum atomic E-state index is 12.6. The van der Waals surface area contributed by atoms with Crippen LogP contribution in [-0.4, -0.2) is 17.1 Å². The van der Waals surface area contributed by atoms with Gasteiger partial charge in [0.25, 0.3) is 0 Å². The van der Waals surface area contributed by atoms with Crippen molar-refractivity contribution in [2.75, 3.05) is 0 Å². The van der Waals surface area contributed by atoms with E-state index in [2.05, 4.69) is 0 Å². The molecule has 1 aromatic carbocycles. The molecule has 19 heavy (non-hydrogen) atoms. The first-order valence-electron chi connectivity index (χ1n) is 5.90. The molecular weight excluding hydrogens is 259 g/mol.